The van der Waals surface area contributed by atoms with E-state index in [0.29, 0.717) is 42.6 Å². The summed E-state index contributed by atoms with van der Waals surface area (Å²) in [5.41, 5.74) is 1.65. The Morgan fingerprint density at radius 1 is 1.17 bits per heavy atom. The van der Waals surface area contributed by atoms with Gasteiger partial charge >= 0.3 is 0 Å². The van der Waals surface area contributed by atoms with Crippen molar-refractivity contribution in [3.63, 3.8) is 0 Å². The normalized spacial score (nSPS) is 14.6. The molecule has 0 spiro atoms. The highest BCUT2D eigenvalue weighted by molar-refractivity contribution is 6.31. The molecule has 1 aliphatic rings. The number of rotatable bonds is 3. The number of nitrogens with zero attached hydrogens (tertiary/aromatic N) is 1. The van der Waals surface area contributed by atoms with Gasteiger partial charge in [0.25, 0.3) is 5.91 Å². The van der Waals surface area contributed by atoms with Crippen molar-refractivity contribution >= 4 is 28.9 Å². The molecule has 0 atom stereocenters. The van der Waals surface area contributed by atoms with Gasteiger partial charge in [-0.3, -0.25) is 4.79 Å². The Kier molecular flexibility index (Phi) is 4.79. The lowest BCUT2D eigenvalue weighted by Crippen LogP contribution is -2.36. The fourth-order valence-electron chi connectivity index (χ4n) is 2.51. The largest absolute Gasteiger partial charge is 0.378 e. The molecule has 6 heteroatoms. The Hall–Kier alpha value is -2.11. The summed E-state index contributed by atoms with van der Waals surface area (Å²) in [4.78, 5) is 14.4. The quantitative estimate of drug-likeness (QED) is 0.933. The molecule has 4 nitrogen and oxygen atoms in total. The first-order chi connectivity index (χ1) is 11.1. The van der Waals surface area contributed by atoms with Gasteiger partial charge in [-0.2, -0.15) is 0 Å². The minimum atomic E-state index is -0.400. The van der Waals surface area contributed by atoms with E-state index in [0.717, 1.165) is 5.69 Å². The molecule has 1 aliphatic heterocycles. The van der Waals surface area contributed by atoms with Crippen LogP contribution < -0.4 is 10.2 Å². The Morgan fingerprint density at radius 2 is 1.96 bits per heavy atom. The summed E-state index contributed by atoms with van der Waals surface area (Å²) < 4.78 is 18.9. The van der Waals surface area contributed by atoms with Crippen molar-refractivity contribution in [2.24, 2.45) is 0 Å². The Bertz CT molecular complexity index is 717. The Labute approximate surface area is 138 Å². The molecule has 0 aliphatic carbocycles. The van der Waals surface area contributed by atoms with Crippen molar-refractivity contribution in [2.75, 3.05) is 36.5 Å². The molecule has 1 N–H and O–H groups in total. The molecule has 2 aromatic carbocycles. The first kappa shape index (κ1) is 15.8. The molecule has 1 saturated heterocycles. The zero-order valence-corrected chi connectivity index (χ0v) is 13.1. The second kappa shape index (κ2) is 6.98. The first-order valence-corrected chi connectivity index (χ1v) is 7.70. The van der Waals surface area contributed by atoms with Gasteiger partial charge in [-0.05, 0) is 36.4 Å². The van der Waals surface area contributed by atoms with Crippen molar-refractivity contribution < 1.29 is 13.9 Å². The van der Waals surface area contributed by atoms with Crippen LogP contribution in [0.3, 0.4) is 0 Å². The number of amides is 1. The SMILES string of the molecule is O=C(Nc1cc(F)ccc1N1CCOCC1)c1cccc(Cl)c1. The number of carbonyl (C=O) groups excluding carboxylic acids is 1. The maximum atomic E-state index is 13.6. The summed E-state index contributed by atoms with van der Waals surface area (Å²) in [5.74, 6) is -0.726. The summed E-state index contributed by atoms with van der Waals surface area (Å²) in [6, 6.07) is 11.0. The fourth-order valence-corrected chi connectivity index (χ4v) is 2.70. The van der Waals surface area contributed by atoms with Crippen LogP contribution in [0.2, 0.25) is 5.02 Å². The minimum Gasteiger partial charge on any atom is -0.378 e. The highest BCUT2D eigenvalue weighted by Gasteiger charge is 2.17. The molecule has 1 heterocycles. The highest BCUT2D eigenvalue weighted by Crippen LogP contribution is 2.28. The first-order valence-electron chi connectivity index (χ1n) is 7.32. The number of nitrogens with one attached hydrogen (secondary N) is 1. The lowest BCUT2D eigenvalue weighted by atomic mass is 10.2. The van der Waals surface area contributed by atoms with E-state index in [1.807, 2.05) is 0 Å². The molecule has 0 radical (unpaired) electrons. The third kappa shape index (κ3) is 3.81. The number of hydrogen-bond acceptors (Lipinski definition) is 3. The lowest BCUT2D eigenvalue weighted by molar-refractivity contribution is 0.102. The van der Waals surface area contributed by atoms with E-state index in [1.54, 1.807) is 30.3 Å². The molecule has 3 rings (SSSR count). The molecule has 23 heavy (non-hydrogen) atoms. The predicted octanol–water partition coefficient (Wildman–Crippen LogP) is 3.57. The van der Waals surface area contributed by atoms with E-state index in [1.165, 1.54) is 12.1 Å². The number of anilines is 2. The van der Waals surface area contributed by atoms with E-state index >= 15 is 0 Å². The van der Waals surface area contributed by atoms with E-state index in [9.17, 15) is 9.18 Å². The van der Waals surface area contributed by atoms with Gasteiger partial charge in [-0.25, -0.2) is 4.39 Å². The minimum absolute atomic E-state index is 0.326. The van der Waals surface area contributed by atoms with Crippen LogP contribution in [0.4, 0.5) is 15.8 Å². The third-order valence-electron chi connectivity index (χ3n) is 3.65. The summed E-state index contributed by atoms with van der Waals surface area (Å²) in [7, 11) is 0. The second-order valence-electron chi connectivity index (χ2n) is 5.23. The van der Waals surface area contributed by atoms with Crippen LogP contribution in [0.5, 0.6) is 0 Å². The highest BCUT2D eigenvalue weighted by atomic mass is 35.5. The van der Waals surface area contributed by atoms with Gasteiger partial charge in [0.05, 0.1) is 24.6 Å². The monoisotopic (exact) mass is 334 g/mol. The lowest BCUT2D eigenvalue weighted by Gasteiger charge is -2.30. The van der Waals surface area contributed by atoms with Gasteiger partial charge in [0.15, 0.2) is 0 Å². The number of halogens is 2. The van der Waals surface area contributed by atoms with Gasteiger partial charge in [-0.1, -0.05) is 17.7 Å². The maximum Gasteiger partial charge on any atom is 0.255 e. The molecule has 2 aromatic rings. The Morgan fingerprint density at radius 3 is 2.70 bits per heavy atom. The Balaban J connectivity index is 1.86. The van der Waals surface area contributed by atoms with E-state index in [4.69, 9.17) is 16.3 Å². The number of carbonyl (C=O) groups is 1. The molecule has 0 unspecified atom stereocenters. The molecule has 1 fully saturated rings. The summed E-state index contributed by atoms with van der Waals surface area (Å²) >= 11 is 5.91. The molecule has 1 amide bonds. The molecule has 0 saturated carbocycles. The van der Waals surface area contributed by atoms with Crippen molar-refractivity contribution in [2.45, 2.75) is 0 Å². The predicted molar refractivity (Wildman–Crippen MR) is 88.8 cm³/mol. The molecular formula is C17H16ClFN2O2. The summed E-state index contributed by atoms with van der Waals surface area (Å²) in [5, 5.41) is 3.25. The molecule has 0 bridgehead atoms. The van der Waals surface area contributed by atoms with Crippen LogP contribution in [-0.4, -0.2) is 32.2 Å². The number of ether oxygens (including phenoxy) is 1. The summed E-state index contributed by atoms with van der Waals surface area (Å²) in [6.45, 7) is 2.62. The van der Waals surface area contributed by atoms with Crippen LogP contribution >= 0.6 is 11.6 Å². The number of morpholine rings is 1. The molecule has 0 aromatic heterocycles. The number of hydrogen-bond donors (Lipinski definition) is 1. The average molecular weight is 335 g/mol. The van der Waals surface area contributed by atoms with Crippen molar-refractivity contribution in [3.8, 4) is 0 Å². The van der Waals surface area contributed by atoms with Crippen molar-refractivity contribution in [1.29, 1.82) is 0 Å². The van der Waals surface area contributed by atoms with E-state index in [2.05, 4.69) is 10.2 Å². The average Bonchev–Trinajstić information content (AvgIpc) is 2.56. The van der Waals surface area contributed by atoms with Crippen LogP contribution in [0, 0.1) is 5.82 Å². The van der Waals surface area contributed by atoms with Crippen LogP contribution in [0.1, 0.15) is 10.4 Å². The van der Waals surface area contributed by atoms with Gasteiger partial charge < -0.3 is 15.0 Å². The number of benzene rings is 2. The smallest absolute Gasteiger partial charge is 0.255 e. The van der Waals surface area contributed by atoms with Gasteiger partial charge in [-0.15, -0.1) is 0 Å². The van der Waals surface area contributed by atoms with E-state index in [-0.39, 0.29) is 5.91 Å². The van der Waals surface area contributed by atoms with Crippen LogP contribution in [0.25, 0.3) is 0 Å². The van der Waals surface area contributed by atoms with Crippen molar-refractivity contribution in [1.82, 2.24) is 0 Å². The molecule has 120 valence electrons. The van der Waals surface area contributed by atoms with Crippen LogP contribution in [0.15, 0.2) is 42.5 Å². The topological polar surface area (TPSA) is 41.6 Å². The second-order valence-corrected chi connectivity index (χ2v) is 5.66. The van der Waals surface area contributed by atoms with Gasteiger partial charge in [0.1, 0.15) is 5.82 Å². The van der Waals surface area contributed by atoms with Gasteiger partial charge in [0, 0.05) is 23.7 Å². The van der Waals surface area contributed by atoms with Crippen molar-refractivity contribution in [3.05, 3.63) is 58.9 Å². The van der Waals surface area contributed by atoms with Crippen LogP contribution in [-0.2, 0) is 4.74 Å². The standard InChI is InChI=1S/C17H16ClFN2O2/c18-13-3-1-2-12(10-13)17(22)20-15-11-14(19)4-5-16(15)21-6-8-23-9-7-21/h1-5,10-11H,6-9H2,(H,20,22). The summed E-state index contributed by atoms with van der Waals surface area (Å²) in [6.07, 6.45) is 0. The zero-order valence-electron chi connectivity index (χ0n) is 12.4. The fraction of sp³-hybridized carbons (Fsp3) is 0.235. The molecular weight excluding hydrogens is 319 g/mol. The van der Waals surface area contributed by atoms with Gasteiger partial charge in [0.2, 0.25) is 0 Å². The maximum absolute atomic E-state index is 13.6. The third-order valence-corrected chi connectivity index (χ3v) is 3.88. The zero-order chi connectivity index (χ0) is 16.2. The van der Waals surface area contributed by atoms with E-state index < -0.39 is 5.82 Å².